The van der Waals surface area contributed by atoms with E-state index in [1.165, 1.54) is 18.9 Å². The van der Waals surface area contributed by atoms with Crippen LogP contribution in [0, 0.1) is 5.41 Å². The van der Waals surface area contributed by atoms with Gasteiger partial charge >= 0.3 is 0 Å². The van der Waals surface area contributed by atoms with Crippen molar-refractivity contribution in [3.8, 4) is 5.75 Å². The van der Waals surface area contributed by atoms with E-state index in [0.717, 1.165) is 11.5 Å². The number of hydrazine groups is 1. The van der Waals surface area contributed by atoms with Crippen LogP contribution in [-0.2, 0) is 0 Å². The van der Waals surface area contributed by atoms with E-state index in [1.807, 2.05) is 6.07 Å². The molecule has 0 radical (unpaired) electrons. The van der Waals surface area contributed by atoms with Gasteiger partial charge in [0.15, 0.2) is 0 Å². The first-order valence-electron chi connectivity index (χ1n) is 6.89. The second-order valence-corrected chi connectivity index (χ2v) is 6.73. The van der Waals surface area contributed by atoms with Gasteiger partial charge in [0.25, 0.3) is 5.91 Å². The molecule has 0 atom stereocenters. The molecule has 22 heavy (non-hydrogen) atoms. The maximum absolute atomic E-state index is 12.1. The summed E-state index contributed by atoms with van der Waals surface area (Å²) in [5.41, 5.74) is 6.89. The summed E-state index contributed by atoms with van der Waals surface area (Å²) in [5.74, 6) is 0.985. The topological polar surface area (TPSA) is 75.1 Å². The minimum atomic E-state index is -0.286. The lowest BCUT2D eigenvalue weighted by atomic mass is 9.91. The van der Waals surface area contributed by atoms with E-state index in [4.69, 9.17) is 4.74 Å². The van der Waals surface area contributed by atoms with Crippen LogP contribution in [0.3, 0.4) is 0 Å². The van der Waals surface area contributed by atoms with Crippen molar-refractivity contribution in [2.24, 2.45) is 15.6 Å². The standard InChI is InChI=1S/C15H20N4O2S/c1-15(2,3)12-9-22-14(18-16-12)19-17-13(20)10-7-5-6-8-11(10)21-4/h5-8H,9H2,1-4H3,(H,17,20)(H,18,19). The van der Waals surface area contributed by atoms with E-state index < -0.39 is 0 Å². The fourth-order valence-electron chi connectivity index (χ4n) is 1.74. The SMILES string of the molecule is COc1ccccc1C(=O)NNC1=NN=C(C(C)(C)C)CS1. The van der Waals surface area contributed by atoms with Crippen molar-refractivity contribution in [2.45, 2.75) is 20.8 Å². The number of amides is 1. The Balaban J connectivity index is 1.98. The Labute approximate surface area is 134 Å². The summed E-state index contributed by atoms with van der Waals surface area (Å²) in [6.07, 6.45) is 0. The number of hydrogen-bond donors (Lipinski definition) is 2. The molecule has 0 bridgehead atoms. The average Bonchev–Trinajstić information content (AvgIpc) is 2.52. The third-order valence-electron chi connectivity index (χ3n) is 3.11. The van der Waals surface area contributed by atoms with Crippen molar-refractivity contribution < 1.29 is 9.53 Å². The molecule has 0 aromatic heterocycles. The summed E-state index contributed by atoms with van der Waals surface area (Å²) in [5, 5.41) is 8.87. The zero-order valence-electron chi connectivity index (χ0n) is 13.1. The molecule has 1 heterocycles. The Bertz CT molecular complexity index is 620. The molecule has 2 rings (SSSR count). The zero-order chi connectivity index (χ0) is 16.2. The highest BCUT2D eigenvalue weighted by Gasteiger charge is 2.22. The van der Waals surface area contributed by atoms with Crippen LogP contribution >= 0.6 is 11.8 Å². The Hall–Kier alpha value is -2.02. The first kappa shape index (κ1) is 16.4. The molecule has 1 aromatic rings. The summed E-state index contributed by atoms with van der Waals surface area (Å²) in [4.78, 5) is 12.1. The Morgan fingerprint density at radius 2 is 2.00 bits per heavy atom. The fraction of sp³-hybridized carbons (Fsp3) is 0.400. The Morgan fingerprint density at radius 3 is 2.59 bits per heavy atom. The number of nitrogens with zero attached hydrogens (tertiary/aromatic N) is 2. The highest BCUT2D eigenvalue weighted by Crippen LogP contribution is 2.23. The van der Waals surface area contributed by atoms with E-state index in [1.54, 1.807) is 18.2 Å². The van der Waals surface area contributed by atoms with Gasteiger partial charge in [-0.25, -0.2) is 0 Å². The van der Waals surface area contributed by atoms with Gasteiger partial charge in [-0.15, -0.1) is 5.10 Å². The summed E-state index contributed by atoms with van der Waals surface area (Å²) >= 11 is 1.51. The highest BCUT2D eigenvalue weighted by molar-refractivity contribution is 8.14. The molecule has 118 valence electrons. The van der Waals surface area contributed by atoms with Crippen LogP contribution in [-0.4, -0.2) is 29.6 Å². The number of carbonyl (C=O) groups excluding carboxylic acids is 1. The van der Waals surface area contributed by atoms with Gasteiger partial charge in [-0.05, 0) is 12.1 Å². The van der Waals surface area contributed by atoms with Crippen molar-refractivity contribution in [1.82, 2.24) is 10.9 Å². The number of para-hydroxylation sites is 1. The third-order valence-corrected chi connectivity index (χ3v) is 3.98. The largest absolute Gasteiger partial charge is 0.496 e. The molecule has 0 saturated carbocycles. The monoisotopic (exact) mass is 320 g/mol. The number of benzene rings is 1. The van der Waals surface area contributed by atoms with Crippen LogP contribution in [0.1, 0.15) is 31.1 Å². The van der Waals surface area contributed by atoms with Crippen LogP contribution in [0.2, 0.25) is 0 Å². The quantitative estimate of drug-likeness (QED) is 0.821. The van der Waals surface area contributed by atoms with E-state index in [2.05, 4.69) is 41.8 Å². The number of hydrogen-bond acceptors (Lipinski definition) is 6. The predicted octanol–water partition coefficient (Wildman–Crippen LogP) is 2.43. The van der Waals surface area contributed by atoms with Crippen LogP contribution in [0.4, 0.5) is 0 Å². The minimum absolute atomic E-state index is 0.00266. The molecule has 0 unspecified atom stereocenters. The molecule has 1 aromatic carbocycles. The van der Waals surface area contributed by atoms with Crippen molar-refractivity contribution in [1.29, 1.82) is 0 Å². The van der Waals surface area contributed by atoms with Crippen LogP contribution in [0.25, 0.3) is 0 Å². The molecule has 7 heteroatoms. The predicted molar refractivity (Wildman–Crippen MR) is 90.4 cm³/mol. The molecule has 0 spiro atoms. The van der Waals surface area contributed by atoms with Crippen LogP contribution in [0.15, 0.2) is 34.5 Å². The lowest BCUT2D eigenvalue weighted by molar-refractivity contribution is 0.0941. The number of amidine groups is 1. The second-order valence-electron chi connectivity index (χ2n) is 5.77. The number of methoxy groups -OCH3 is 1. The van der Waals surface area contributed by atoms with E-state index in [-0.39, 0.29) is 11.3 Å². The Kier molecular flexibility index (Phi) is 5.07. The molecule has 2 N–H and O–H groups in total. The lowest BCUT2D eigenvalue weighted by Gasteiger charge is -2.23. The van der Waals surface area contributed by atoms with Gasteiger partial charge in [0.05, 0.1) is 18.4 Å². The first-order chi connectivity index (χ1) is 10.4. The van der Waals surface area contributed by atoms with Gasteiger partial charge in [0.2, 0.25) is 5.17 Å². The van der Waals surface area contributed by atoms with Gasteiger partial charge in [-0.1, -0.05) is 44.7 Å². The third kappa shape index (κ3) is 4.00. The molecular weight excluding hydrogens is 300 g/mol. The zero-order valence-corrected chi connectivity index (χ0v) is 14.0. The summed E-state index contributed by atoms with van der Waals surface area (Å²) < 4.78 is 5.16. The van der Waals surface area contributed by atoms with E-state index in [0.29, 0.717) is 16.5 Å². The van der Waals surface area contributed by atoms with Gasteiger partial charge in [0.1, 0.15) is 5.75 Å². The molecule has 1 amide bonds. The van der Waals surface area contributed by atoms with Crippen LogP contribution < -0.4 is 15.6 Å². The smallest absolute Gasteiger partial charge is 0.273 e. The number of carbonyl (C=O) groups is 1. The van der Waals surface area contributed by atoms with E-state index in [9.17, 15) is 4.79 Å². The summed E-state index contributed by atoms with van der Waals surface area (Å²) in [7, 11) is 1.53. The molecule has 0 saturated heterocycles. The lowest BCUT2D eigenvalue weighted by Crippen LogP contribution is -2.41. The molecule has 1 aliphatic heterocycles. The summed E-state index contributed by atoms with van der Waals surface area (Å²) in [6.45, 7) is 6.30. The second kappa shape index (κ2) is 6.83. The minimum Gasteiger partial charge on any atom is -0.496 e. The summed E-state index contributed by atoms with van der Waals surface area (Å²) in [6, 6.07) is 7.03. The molecule has 0 aliphatic carbocycles. The van der Waals surface area contributed by atoms with E-state index >= 15 is 0 Å². The number of thioether (sulfide) groups is 1. The average molecular weight is 320 g/mol. The molecular formula is C15H20N4O2S. The fourth-order valence-corrected chi connectivity index (χ4v) is 2.72. The van der Waals surface area contributed by atoms with Crippen molar-refractivity contribution >= 4 is 28.5 Å². The van der Waals surface area contributed by atoms with Crippen molar-refractivity contribution in [3.63, 3.8) is 0 Å². The number of nitrogens with one attached hydrogen (secondary N) is 2. The molecule has 6 nitrogen and oxygen atoms in total. The van der Waals surface area contributed by atoms with Crippen molar-refractivity contribution in [2.75, 3.05) is 12.9 Å². The normalized spacial score (nSPS) is 14.7. The first-order valence-corrected chi connectivity index (χ1v) is 7.87. The van der Waals surface area contributed by atoms with Crippen LogP contribution in [0.5, 0.6) is 5.75 Å². The van der Waals surface area contributed by atoms with Gasteiger partial charge in [-0.3, -0.25) is 15.6 Å². The molecule has 0 fully saturated rings. The Morgan fingerprint density at radius 1 is 1.27 bits per heavy atom. The number of ether oxygens (including phenoxy) is 1. The number of rotatable bonds is 2. The maximum Gasteiger partial charge on any atom is 0.273 e. The van der Waals surface area contributed by atoms with Gasteiger partial charge in [-0.2, -0.15) is 5.10 Å². The molecule has 1 aliphatic rings. The van der Waals surface area contributed by atoms with Crippen molar-refractivity contribution in [3.05, 3.63) is 29.8 Å². The highest BCUT2D eigenvalue weighted by atomic mass is 32.2. The van der Waals surface area contributed by atoms with Gasteiger partial charge < -0.3 is 4.74 Å². The maximum atomic E-state index is 12.1. The van der Waals surface area contributed by atoms with Gasteiger partial charge in [0, 0.05) is 11.2 Å².